The normalized spacial score (nSPS) is 13.2. The van der Waals surface area contributed by atoms with Gasteiger partial charge >= 0.3 is 5.97 Å². The van der Waals surface area contributed by atoms with E-state index in [1.807, 2.05) is 0 Å². The maximum absolute atomic E-state index is 11.8. The van der Waals surface area contributed by atoms with Gasteiger partial charge in [0.2, 0.25) is 9.84 Å². The minimum atomic E-state index is -3.74. The van der Waals surface area contributed by atoms with E-state index in [0.29, 0.717) is 0 Å². The predicted octanol–water partition coefficient (Wildman–Crippen LogP) is 0.417. The largest absolute Gasteiger partial charge is 0.468 e. The molecule has 0 aliphatic heterocycles. The number of hydrogen-bond acceptors (Lipinski definition) is 5. The Hall–Kier alpha value is -1.43. The van der Waals surface area contributed by atoms with Crippen LogP contribution in [0.4, 0.5) is 0 Å². The van der Waals surface area contributed by atoms with E-state index in [9.17, 15) is 13.2 Å². The molecular weight excluding hydrogens is 218 g/mol. The molecule has 0 amide bonds. The standard InChI is InChI=1S/C9H11NO4S/c1-7(9(11)14-2)15(12,13)8-5-3-4-6-10-8/h3-7H,1-2H3. The third-order valence-electron chi connectivity index (χ3n) is 1.93. The minimum absolute atomic E-state index is 0.122. The molecule has 0 aliphatic carbocycles. The zero-order chi connectivity index (χ0) is 11.5. The van der Waals surface area contributed by atoms with Gasteiger partial charge in [-0.1, -0.05) is 6.07 Å². The first kappa shape index (κ1) is 11.6. The monoisotopic (exact) mass is 229 g/mol. The van der Waals surface area contributed by atoms with Crippen LogP contribution < -0.4 is 0 Å². The van der Waals surface area contributed by atoms with Crippen molar-refractivity contribution in [2.24, 2.45) is 0 Å². The number of carbonyl (C=O) groups excluding carboxylic acids is 1. The topological polar surface area (TPSA) is 73.3 Å². The number of aromatic nitrogens is 1. The highest BCUT2D eigenvalue weighted by Crippen LogP contribution is 2.13. The van der Waals surface area contributed by atoms with E-state index in [1.54, 1.807) is 12.1 Å². The maximum atomic E-state index is 11.8. The van der Waals surface area contributed by atoms with Crippen molar-refractivity contribution in [3.05, 3.63) is 24.4 Å². The molecule has 0 radical (unpaired) electrons. The number of carbonyl (C=O) groups is 1. The van der Waals surface area contributed by atoms with Crippen molar-refractivity contribution >= 4 is 15.8 Å². The summed E-state index contributed by atoms with van der Waals surface area (Å²) in [7, 11) is -2.59. The number of esters is 1. The Labute approximate surface area is 88.0 Å². The molecule has 0 spiro atoms. The lowest BCUT2D eigenvalue weighted by molar-refractivity contribution is -0.139. The number of hydrogen-bond donors (Lipinski definition) is 0. The van der Waals surface area contributed by atoms with Crippen molar-refractivity contribution in [1.82, 2.24) is 4.98 Å². The maximum Gasteiger partial charge on any atom is 0.324 e. The van der Waals surface area contributed by atoms with Crippen LogP contribution in [0.2, 0.25) is 0 Å². The summed E-state index contributed by atoms with van der Waals surface area (Å²) in [6.07, 6.45) is 1.36. The van der Waals surface area contributed by atoms with Crippen LogP contribution in [-0.4, -0.2) is 31.7 Å². The molecule has 82 valence electrons. The van der Waals surface area contributed by atoms with Crippen LogP contribution in [0.1, 0.15) is 6.92 Å². The van der Waals surface area contributed by atoms with Gasteiger partial charge in [0.05, 0.1) is 7.11 Å². The number of ether oxygens (including phenoxy) is 1. The first-order chi connectivity index (χ1) is 7.00. The predicted molar refractivity (Wildman–Crippen MR) is 52.9 cm³/mol. The number of nitrogens with zero attached hydrogens (tertiary/aromatic N) is 1. The molecule has 1 aromatic heterocycles. The highest BCUT2D eigenvalue weighted by Gasteiger charge is 2.31. The summed E-state index contributed by atoms with van der Waals surface area (Å²) in [5.41, 5.74) is 0. The van der Waals surface area contributed by atoms with Crippen LogP contribution in [0.25, 0.3) is 0 Å². The molecule has 0 aromatic carbocycles. The Morgan fingerprint density at radius 3 is 2.60 bits per heavy atom. The third-order valence-corrected chi connectivity index (χ3v) is 3.88. The number of methoxy groups -OCH3 is 1. The zero-order valence-corrected chi connectivity index (χ0v) is 9.19. The van der Waals surface area contributed by atoms with Gasteiger partial charge in [-0.25, -0.2) is 13.4 Å². The Bertz CT molecular complexity index is 440. The SMILES string of the molecule is COC(=O)C(C)S(=O)(=O)c1ccccn1. The molecule has 1 unspecified atom stereocenters. The summed E-state index contributed by atoms with van der Waals surface area (Å²) < 4.78 is 27.9. The van der Waals surface area contributed by atoms with Crippen LogP contribution >= 0.6 is 0 Å². The summed E-state index contributed by atoms with van der Waals surface area (Å²) in [6, 6.07) is 4.49. The van der Waals surface area contributed by atoms with Crippen molar-refractivity contribution in [1.29, 1.82) is 0 Å². The molecular formula is C9H11NO4S. The van der Waals surface area contributed by atoms with Gasteiger partial charge in [-0.05, 0) is 19.1 Å². The van der Waals surface area contributed by atoms with Crippen LogP contribution in [0.5, 0.6) is 0 Å². The zero-order valence-electron chi connectivity index (χ0n) is 8.38. The quantitative estimate of drug-likeness (QED) is 0.702. The Morgan fingerprint density at radius 1 is 1.47 bits per heavy atom. The molecule has 0 saturated carbocycles. The number of rotatable bonds is 3. The van der Waals surface area contributed by atoms with Gasteiger partial charge in [0.15, 0.2) is 10.3 Å². The lowest BCUT2D eigenvalue weighted by Crippen LogP contribution is -2.28. The van der Waals surface area contributed by atoms with Crippen LogP contribution in [0.3, 0.4) is 0 Å². The van der Waals surface area contributed by atoms with Crippen molar-refractivity contribution in [2.75, 3.05) is 7.11 Å². The molecule has 0 saturated heterocycles. The molecule has 6 heteroatoms. The molecule has 0 aliphatic rings. The lowest BCUT2D eigenvalue weighted by atomic mass is 10.5. The van der Waals surface area contributed by atoms with E-state index < -0.39 is 21.1 Å². The molecule has 1 aromatic rings. The first-order valence-corrected chi connectivity index (χ1v) is 5.77. The molecule has 1 atom stereocenters. The fraction of sp³-hybridized carbons (Fsp3) is 0.333. The molecule has 15 heavy (non-hydrogen) atoms. The summed E-state index contributed by atoms with van der Waals surface area (Å²) in [5, 5.41) is -1.36. The van der Waals surface area contributed by atoms with Gasteiger partial charge in [-0.3, -0.25) is 4.79 Å². The van der Waals surface area contributed by atoms with Crippen LogP contribution in [-0.2, 0) is 19.4 Å². The molecule has 0 N–H and O–H groups in total. The van der Waals surface area contributed by atoms with Gasteiger partial charge in [0.1, 0.15) is 0 Å². The fourth-order valence-electron chi connectivity index (χ4n) is 0.989. The summed E-state index contributed by atoms with van der Waals surface area (Å²) >= 11 is 0. The minimum Gasteiger partial charge on any atom is -0.468 e. The van der Waals surface area contributed by atoms with Gasteiger partial charge in [-0.15, -0.1) is 0 Å². The highest BCUT2D eigenvalue weighted by molar-refractivity contribution is 7.92. The van der Waals surface area contributed by atoms with Crippen molar-refractivity contribution < 1.29 is 17.9 Å². The second-order valence-corrected chi connectivity index (χ2v) is 5.09. The highest BCUT2D eigenvalue weighted by atomic mass is 32.2. The first-order valence-electron chi connectivity index (χ1n) is 4.23. The second-order valence-electron chi connectivity index (χ2n) is 2.88. The molecule has 1 heterocycles. The lowest BCUT2D eigenvalue weighted by Gasteiger charge is -2.09. The van der Waals surface area contributed by atoms with Crippen LogP contribution in [0.15, 0.2) is 29.4 Å². The van der Waals surface area contributed by atoms with E-state index in [4.69, 9.17) is 0 Å². The van der Waals surface area contributed by atoms with Crippen molar-refractivity contribution in [3.8, 4) is 0 Å². The van der Waals surface area contributed by atoms with Gasteiger partial charge in [0.25, 0.3) is 0 Å². The van der Waals surface area contributed by atoms with E-state index in [0.717, 1.165) is 7.11 Å². The van der Waals surface area contributed by atoms with Crippen LogP contribution in [0, 0.1) is 0 Å². The molecule has 5 nitrogen and oxygen atoms in total. The van der Waals surface area contributed by atoms with Gasteiger partial charge in [-0.2, -0.15) is 0 Å². The van der Waals surface area contributed by atoms with E-state index in [-0.39, 0.29) is 5.03 Å². The third kappa shape index (κ3) is 2.33. The number of pyridine rings is 1. The Morgan fingerprint density at radius 2 is 2.13 bits per heavy atom. The Balaban J connectivity index is 3.09. The van der Waals surface area contributed by atoms with E-state index in [1.165, 1.54) is 19.2 Å². The molecule has 1 rings (SSSR count). The smallest absolute Gasteiger partial charge is 0.324 e. The average molecular weight is 229 g/mol. The molecule has 0 fully saturated rings. The second kappa shape index (κ2) is 4.39. The fourth-order valence-corrected chi connectivity index (χ4v) is 2.18. The van der Waals surface area contributed by atoms with Gasteiger partial charge < -0.3 is 4.74 Å². The molecule has 0 bridgehead atoms. The average Bonchev–Trinajstić information content (AvgIpc) is 2.28. The van der Waals surface area contributed by atoms with Crippen molar-refractivity contribution in [2.45, 2.75) is 17.2 Å². The van der Waals surface area contributed by atoms with E-state index in [2.05, 4.69) is 9.72 Å². The Kier molecular flexibility index (Phi) is 3.41. The van der Waals surface area contributed by atoms with E-state index >= 15 is 0 Å². The summed E-state index contributed by atoms with van der Waals surface area (Å²) in [5.74, 6) is -0.791. The number of sulfone groups is 1. The summed E-state index contributed by atoms with van der Waals surface area (Å²) in [4.78, 5) is 14.8. The summed E-state index contributed by atoms with van der Waals surface area (Å²) in [6.45, 7) is 1.27. The van der Waals surface area contributed by atoms with Crippen molar-refractivity contribution in [3.63, 3.8) is 0 Å². The van der Waals surface area contributed by atoms with Gasteiger partial charge in [0, 0.05) is 6.20 Å².